The van der Waals surface area contributed by atoms with Crippen molar-refractivity contribution in [3.63, 3.8) is 0 Å². The summed E-state index contributed by atoms with van der Waals surface area (Å²) in [4.78, 5) is 0. The van der Waals surface area contributed by atoms with Crippen LogP contribution in [0, 0.1) is 29.6 Å². The molecule has 24 heavy (non-hydrogen) atoms. The number of hydrogen-bond acceptors (Lipinski definition) is 3. The normalized spacial score (nSPS) is 53.8. The van der Waals surface area contributed by atoms with Crippen molar-refractivity contribution < 1.29 is 14.2 Å². The minimum atomic E-state index is -0.419. The van der Waals surface area contributed by atoms with Gasteiger partial charge in [0.25, 0.3) is 0 Å². The molecular weight excluding hydrogens is 300 g/mol. The van der Waals surface area contributed by atoms with Crippen molar-refractivity contribution >= 4 is 0 Å². The summed E-state index contributed by atoms with van der Waals surface area (Å²) in [5.41, 5.74) is 1.19. The van der Waals surface area contributed by atoms with Gasteiger partial charge in [0, 0.05) is 25.4 Å². The van der Waals surface area contributed by atoms with E-state index in [1.54, 1.807) is 0 Å². The number of fused-ring (bicyclic) bond motifs is 8. The average Bonchev–Trinajstić information content (AvgIpc) is 3.09. The molecule has 3 nitrogen and oxygen atoms in total. The van der Waals surface area contributed by atoms with E-state index >= 15 is 0 Å². The molecule has 0 N–H and O–H groups in total. The lowest BCUT2D eigenvalue weighted by Gasteiger charge is -2.44. The Kier molecular flexibility index (Phi) is 3.95. The van der Waals surface area contributed by atoms with E-state index in [-0.39, 0.29) is 11.7 Å². The lowest BCUT2D eigenvalue weighted by Crippen LogP contribution is -2.51. The van der Waals surface area contributed by atoms with Gasteiger partial charge >= 0.3 is 0 Å². The van der Waals surface area contributed by atoms with E-state index in [4.69, 9.17) is 14.2 Å². The predicted octanol–water partition coefficient (Wildman–Crippen LogP) is 4.56. The second-order valence-electron chi connectivity index (χ2n) is 9.37. The SMILES string of the molecule is C=C1CCC(C(C)C)C2C1C1CC(C)C3(OC)CCC(C)(O3)C2O1. The molecule has 8 atom stereocenters. The Morgan fingerprint density at radius 3 is 2.71 bits per heavy atom. The van der Waals surface area contributed by atoms with Gasteiger partial charge in [-0.3, -0.25) is 0 Å². The number of ether oxygens (including phenoxy) is 3. The topological polar surface area (TPSA) is 27.7 Å². The van der Waals surface area contributed by atoms with E-state index in [0.717, 1.165) is 25.7 Å². The van der Waals surface area contributed by atoms with Gasteiger partial charge in [-0.15, -0.1) is 0 Å². The lowest BCUT2D eigenvalue weighted by atomic mass is 9.61. The molecule has 136 valence electrons. The van der Waals surface area contributed by atoms with Crippen LogP contribution >= 0.6 is 0 Å². The summed E-state index contributed by atoms with van der Waals surface area (Å²) in [6, 6.07) is 0. The zero-order valence-electron chi connectivity index (χ0n) is 16.0. The van der Waals surface area contributed by atoms with Gasteiger partial charge < -0.3 is 14.2 Å². The molecule has 4 rings (SSSR count). The van der Waals surface area contributed by atoms with Crippen LogP contribution in [0.4, 0.5) is 0 Å². The van der Waals surface area contributed by atoms with Gasteiger partial charge in [-0.2, -0.15) is 0 Å². The molecule has 0 radical (unpaired) electrons. The first-order valence-corrected chi connectivity index (χ1v) is 9.90. The zero-order chi connectivity index (χ0) is 17.3. The van der Waals surface area contributed by atoms with Gasteiger partial charge in [-0.1, -0.05) is 32.9 Å². The first-order chi connectivity index (χ1) is 11.3. The molecule has 0 aromatic carbocycles. The fourth-order valence-corrected chi connectivity index (χ4v) is 6.41. The van der Waals surface area contributed by atoms with Crippen LogP contribution in [-0.2, 0) is 14.2 Å². The predicted molar refractivity (Wildman–Crippen MR) is 94.6 cm³/mol. The van der Waals surface area contributed by atoms with E-state index in [0.29, 0.717) is 35.7 Å². The average molecular weight is 335 g/mol. The van der Waals surface area contributed by atoms with E-state index in [1.165, 1.54) is 12.0 Å². The Morgan fingerprint density at radius 1 is 1.29 bits per heavy atom. The van der Waals surface area contributed by atoms with Gasteiger partial charge in [-0.25, -0.2) is 0 Å². The highest BCUT2D eigenvalue weighted by atomic mass is 16.7. The second kappa shape index (κ2) is 5.56. The fraction of sp³-hybridized carbons (Fsp3) is 0.905. The van der Waals surface area contributed by atoms with Crippen molar-refractivity contribution in [2.45, 2.75) is 83.4 Å². The Labute approximate surface area is 147 Å². The maximum atomic E-state index is 6.75. The highest BCUT2D eigenvalue weighted by Gasteiger charge is 2.64. The third kappa shape index (κ3) is 2.20. The van der Waals surface area contributed by atoms with Crippen LogP contribution in [-0.4, -0.2) is 30.7 Å². The molecule has 0 aromatic heterocycles. The molecule has 1 aliphatic carbocycles. The second-order valence-corrected chi connectivity index (χ2v) is 9.37. The molecule has 0 amide bonds. The smallest absolute Gasteiger partial charge is 0.171 e. The summed E-state index contributed by atoms with van der Waals surface area (Å²) >= 11 is 0. The van der Waals surface area contributed by atoms with Crippen LogP contribution in [0.3, 0.4) is 0 Å². The van der Waals surface area contributed by atoms with Crippen LogP contribution < -0.4 is 0 Å². The molecule has 3 aliphatic heterocycles. The van der Waals surface area contributed by atoms with Gasteiger partial charge in [-0.05, 0) is 50.4 Å². The summed E-state index contributed by atoms with van der Waals surface area (Å²) in [5, 5.41) is 0. The maximum absolute atomic E-state index is 6.75. The van der Waals surface area contributed by atoms with Crippen molar-refractivity contribution in [1.29, 1.82) is 0 Å². The van der Waals surface area contributed by atoms with Crippen molar-refractivity contribution in [3.8, 4) is 0 Å². The first-order valence-electron chi connectivity index (χ1n) is 9.90. The van der Waals surface area contributed by atoms with Gasteiger partial charge in [0.2, 0.25) is 0 Å². The summed E-state index contributed by atoms with van der Waals surface area (Å²) < 4.78 is 19.4. The Balaban J connectivity index is 1.77. The van der Waals surface area contributed by atoms with Gasteiger partial charge in [0.15, 0.2) is 5.79 Å². The zero-order valence-corrected chi connectivity index (χ0v) is 16.0. The third-order valence-electron chi connectivity index (χ3n) is 7.77. The largest absolute Gasteiger partial charge is 0.371 e. The third-order valence-corrected chi connectivity index (χ3v) is 7.77. The minimum Gasteiger partial charge on any atom is -0.371 e. The molecule has 0 spiro atoms. The van der Waals surface area contributed by atoms with Crippen molar-refractivity contribution in [2.24, 2.45) is 29.6 Å². The number of rotatable bonds is 2. The first kappa shape index (κ1) is 17.1. The van der Waals surface area contributed by atoms with Crippen LogP contribution in [0.5, 0.6) is 0 Å². The summed E-state index contributed by atoms with van der Waals surface area (Å²) in [5.74, 6) is 2.39. The van der Waals surface area contributed by atoms with E-state index in [1.807, 2.05) is 7.11 Å². The molecule has 8 unspecified atom stereocenters. The molecule has 4 aliphatic rings. The maximum Gasteiger partial charge on any atom is 0.171 e. The molecule has 3 heterocycles. The van der Waals surface area contributed by atoms with Gasteiger partial charge in [0.05, 0.1) is 17.8 Å². The minimum absolute atomic E-state index is 0.182. The van der Waals surface area contributed by atoms with Crippen LogP contribution in [0.25, 0.3) is 0 Å². The molecule has 4 fully saturated rings. The quantitative estimate of drug-likeness (QED) is 0.693. The van der Waals surface area contributed by atoms with Crippen molar-refractivity contribution in [2.75, 3.05) is 7.11 Å². The van der Waals surface area contributed by atoms with Gasteiger partial charge in [0.1, 0.15) is 0 Å². The molecular formula is C21H34O3. The molecule has 0 aromatic rings. The van der Waals surface area contributed by atoms with Crippen LogP contribution in [0.2, 0.25) is 0 Å². The van der Waals surface area contributed by atoms with Crippen molar-refractivity contribution in [3.05, 3.63) is 12.2 Å². The van der Waals surface area contributed by atoms with E-state index in [9.17, 15) is 0 Å². The monoisotopic (exact) mass is 334 g/mol. The number of hydrogen-bond donors (Lipinski definition) is 0. The highest BCUT2D eigenvalue weighted by molar-refractivity contribution is 5.19. The van der Waals surface area contributed by atoms with E-state index in [2.05, 4.69) is 34.3 Å². The fourth-order valence-electron chi connectivity index (χ4n) is 6.41. The Hall–Kier alpha value is -0.380. The molecule has 4 bridgehead atoms. The van der Waals surface area contributed by atoms with Crippen LogP contribution in [0.15, 0.2) is 12.2 Å². The van der Waals surface area contributed by atoms with Crippen molar-refractivity contribution in [1.82, 2.24) is 0 Å². The summed E-state index contributed by atoms with van der Waals surface area (Å²) in [7, 11) is 1.81. The molecule has 3 saturated heterocycles. The Morgan fingerprint density at radius 2 is 2.04 bits per heavy atom. The lowest BCUT2D eigenvalue weighted by molar-refractivity contribution is -0.296. The summed E-state index contributed by atoms with van der Waals surface area (Å²) in [6.45, 7) is 13.8. The Bertz CT molecular complexity index is 529. The number of methoxy groups -OCH3 is 1. The summed E-state index contributed by atoms with van der Waals surface area (Å²) in [6.07, 6.45) is 5.93. The molecule has 1 saturated carbocycles. The standard InChI is InChI=1S/C21H34O3/c1-12(2)15-8-7-13(3)17-16-11-14(4)21(22-6)10-9-20(5,24-21)19(23-16)18(15)17/h12,14-19H,3,7-11H2,1-2,4-6H3. The van der Waals surface area contributed by atoms with Crippen LogP contribution in [0.1, 0.15) is 59.8 Å². The molecule has 3 heteroatoms. The highest BCUT2D eigenvalue weighted by Crippen LogP contribution is 2.60. The van der Waals surface area contributed by atoms with E-state index < -0.39 is 5.79 Å².